The van der Waals surface area contributed by atoms with E-state index in [2.05, 4.69) is 5.32 Å². The quantitative estimate of drug-likeness (QED) is 0.480. The zero-order valence-electron chi connectivity index (χ0n) is 9.63. The third-order valence-electron chi connectivity index (χ3n) is 2.50. The first-order chi connectivity index (χ1) is 8.66. The molecule has 2 aromatic rings. The zero-order valence-corrected chi connectivity index (χ0v) is 9.63. The van der Waals surface area contributed by atoms with Gasteiger partial charge in [-0.05, 0) is 24.3 Å². The Morgan fingerprint density at radius 1 is 1.39 bits per heavy atom. The fourth-order valence-corrected chi connectivity index (χ4v) is 1.62. The Kier molecular flexibility index (Phi) is 3.47. The molecular formula is C12H13N3O3. The SMILES string of the molecule is Nc1cc(NCCc2ccco2)ccc1[N+](=O)[O-]. The van der Waals surface area contributed by atoms with Crippen molar-refractivity contribution in [3.8, 4) is 0 Å². The van der Waals surface area contributed by atoms with Crippen LogP contribution in [-0.4, -0.2) is 11.5 Å². The fourth-order valence-electron chi connectivity index (χ4n) is 1.62. The second-order valence-electron chi connectivity index (χ2n) is 3.79. The smallest absolute Gasteiger partial charge is 0.292 e. The van der Waals surface area contributed by atoms with Gasteiger partial charge in [-0.2, -0.15) is 0 Å². The van der Waals surface area contributed by atoms with Gasteiger partial charge in [-0.15, -0.1) is 0 Å². The summed E-state index contributed by atoms with van der Waals surface area (Å²) in [5.41, 5.74) is 6.42. The first kappa shape index (κ1) is 12.0. The topological polar surface area (TPSA) is 94.3 Å². The molecule has 1 aromatic carbocycles. The number of nitrogen functional groups attached to an aromatic ring is 1. The number of nitrogens with one attached hydrogen (secondary N) is 1. The van der Waals surface area contributed by atoms with Crippen molar-refractivity contribution in [3.05, 3.63) is 52.5 Å². The number of anilines is 2. The average molecular weight is 247 g/mol. The van der Waals surface area contributed by atoms with Crippen LogP contribution in [0, 0.1) is 10.1 Å². The number of benzene rings is 1. The third kappa shape index (κ3) is 2.79. The van der Waals surface area contributed by atoms with Gasteiger partial charge < -0.3 is 15.5 Å². The van der Waals surface area contributed by atoms with Crippen molar-refractivity contribution in [1.82, 2.24) is 0 Å². The Balaban J connectivity index is 1.94. The van der Waals surface area contributed by atoms with Gasteiger partial charge in [0, 0.05) is 24.7 Å². The van der Waals surface area contributed by atoms with Gasteiger partial charge >= 0.3 is 0 Å². The lowest BCUT2D eigenvalue weighted by atomic mass is 10.2. The van der Waals surface area contributed by atoms with E-state index in [1.54, 1.807) is 18.4 Å². The van der Waals surface area contributed by atoms with E-state index in [4.69, 9.17) is 10.2 Å². The van der Waals surface area contributed by atoms with Gasteiger partial charge in [-0.1, -0.05) is 0 Å². The Morgan fingerprint density at radius 2 is 2.22 bits per heavy atom. The minimum Gasteiger partial charge on any atom is -0.469 e. The number of nitrogens with two attached hydrogens (primary N) is 1. The number of nitro benzene ring substituents is 1. The molecule has 0 aliphatic carbocycles. The zero-order chi connectivity index (χ0) is 13.0. The van der Waals surface area contributed by atoms with Gasteiger partial charge in [-0.3, -0.25) is 10.1 Å². The molecular weight excluding hydrogens is 234 g/mol. The van der Waals surface area contributed by atoms with Crippen LogP contribution in [0.2, 0.25) is 0 Å². The molecule has 0 saturated heterocycles. The molecule has 0 bridgehead atoms. The second-order valence-corrected chi connectivity index (χ2v) is 3.79. The van der Waals surface area contributed by atoms with Crippen LogP contribution in [0.1, 0.15) is 5.76 Å². The molecule has 0 unspecified atom stereocenters. The summed E-state index contributed by atoms with van der Waals surface area (Å²) in [6.45, 7) is 0.671. The van der Waals surface area contributed by atoms with Gasteiger partial charge in [0.05, 0.1) is 11.2 Å². The largest absolute Gasteiger partial charge is 0.469 e. The molecule has 0 saturated carbocycles. The number of rotatable bonds is 5. The van der Waals surface area contributed by atoms with Crippen molar-refractivity contribution in [2.45, 2.75) is 6.42 Å². The van der Waals surface area contributed by atoms with Crippen LogP contribution in [0.3, 0.4) is 0 Å². The molecule has 0 spiro atoms. The normalized spacial score (nSPS) is 10.2. The summed E-state index contributed by atoms with van der Waals surface area (Å²) in [5.74, 6) is 0.886. The van der Waals surface area contributed by atoms with Crippen molar-refractivity contribution >= 4 is 17.1 Å². The van der Waals surface area contributed by atoms with Crippen LogP contribution >= 0.6 is 0 Å². The Bertz CT molecular complexity index is 538. The summed E-state index contributed by atoms with van der Waals surface area (Å²) in [5, 5.41) is 13.7. The molecule has 18 heavy (non-hydrogen) atoms. The predicted molar refractivity (Wildman–Crippen MR) is 68.4 cm³/mol. The van der Waals surface area contributed by atoms with Crippen LogP contribution in [0.15, 0.2) is 41.0 Å². The van der Waals surface area contributed by atoms with Crippen LogP contribution < -0.4 is 11.1 Å². The predicted octanol–water partition coefficient (Wildman–Crippen LogP) is 2.42. The van der Waals surface area contributed by atoms with Gasteiger partial charge in [0.1, 0.15) is 11.4 Å². The summed E-state index contributed by atoms with van der Waals surface area (Å²) >= 11 is 0. The van der Waals surface area contributed by atoms with Crippen molar-refractivity contribution in [3.63, 3.8) is 0 Å². The average Bonchev–Trinajstić information content (AvgIpc) is 2.81. The van der Waals surface area contributed by atoms with Crippen molar-refractivity contribution in [2.75, 3.05) is 17.6 Å². The minimum absolute atomic E-state index is 0.0772. The molecule has 6 nitrogen and oxygen atoms in total. The monoisotopic (exact) mass is 247 g/mol. The Hall–Kier alpha value is -2.50. The molecule has 0 atom stereocenters. The summed E-state index contributed by atoms with van der Waals surface area (Å²) in [7, 11) is 0. The van der Waals surface area contributed by atoms with Gasteiger partial charge in [0.2, 0.25) is 0 Å². The van der Waals surface area contributed by atoms with E-state index >= 15 is 0 Å². The molecule has 94 valence electrons. The maximum atomic E-state index is 10.6. The number of hydrogen-bond donors (Lipinski definition) is 2. The summed E-state index contributed by atoms with van der Waals surface area (Å²) in [4.78, 5) is 10.1. The number of hydrogen-bond acceptors (Lipinski definition) is 5. The molecule has 1 heterocycles. The molecule has 0 aliphatic heterocycles. The lowest BCUT2D eigenvalue weighted by Gasteiger charge is -2.06. The van der Waals surface area contributed by atoms with E-state index in [1.807, 2.05) is 12.1 Å². The van der Waals surface area contributed by atoms with E-state index in [-0.39, 0.29) is 11.4 Å². The van der Waals surface area contributed by atoms with E-state index in [0.29, 0.717) is 6.54 Å². The summed E-state index contributed by atoms with van der Waals surface area (Å²) < 4.78 is 5.19. The maximum Gasteiger partial charge on any atom is 0.292 e. The van der Waals surface area contributed by atoms with Crippen molar-refractivity contribution in [1.29, 1.82) is 0 Å². The highest BCUT2D eigenvalue weighted by Crippen LogP contribution is 2.24. The number of nitro groups is 1. The molecule has 0 amide bonds. The maximum absolute atomic E-state index is 10.6. The highest BCUT2D eigenvalue weighted by Gasteiger charge is 2.10. The van der Waals surface area contributed by atoms with Gasteiger partial charge in [0.25, 0.3) is 5.69 Å². The van der Waals surface area contributed by atoms with Crippen molar-refractivity contribution in [2.24, 2.45) is 0 Å². The number of furan rings is 1. The fraction of sp³-hybridized carbons (Fsp3) is 0.167. The first-order valence-electron chi connectivity index (χ1n) is 5.47. The van der Waals surface area contributed by atoms with E-state index in [1.165, 1.54) is 6.07 Å². The summed E-state index contributed by atoms with van der Waals surface area (Å²) in [6.07, 6.45) is 2.36. The molecule has 6 heteroatoms. The second kappa shape index (κ2) is 5.22. The standard InChI is InChI=1S/C12H13N3O3/c13-11-8-9(3-4-12(11)15(16)17)14-6-5-10-2-1-7-18-10/h1-4,7-8,14H,5-6,13H2. The number of nitrogens with zero attached hydrogens (tertiary/aromatic N) is 1. The van der Waals surface area contributed by atoms with Crippen LogP contribution in [0.5, 0.6) is 0 Å². The Labute approximate surface area is 104 Å². The lowest BCUT2D eigenvalue weighted by Crippen LogP contribution is -2.05. The molecule has 3 N–H and O–H groups in total. The molecule has 1 aromatic heterocycles. The third-order valence-corrected chi connectivity index (χ3v) is 2.50. The van der Waals surface area contributed by atoms with E-state index in [9.17, 15) is 10.1 Å². The van der Waals surface area contributed by atoms with E-state index < -0.39 is 4.92 Å². The van der Waals surface area contributed by atoms with Crippen LogP contribution in [0.25, 0.3) is 0 Å². The van der Waals surface area contributed by atoms with E-state index in [0.717, 1.165) is 17.9 Å². The Morgan fingerprint density at radius 3 is 2.83 bits per heavy atom. The lowest BCUT2D eigenvalue weighted by molar-refractivity contribution is -0.383. The van der Waals surface area contributed by atoms with Crippen LogP contribution in [0.4, 0.5) is 17.1 Å². The molecule has 2 rings (SSSR count). The van der Waals surface area contributed by atoms with Crippen LogP contribution in [-0.2, 0) is 6.42 Å². The highest BCUT2D eigenvalue weighted by molar-refractivity contribution is 5.65. The molecule has 0 fully saturated rings. The minimum atomic E-state index is -0.498. The molecule has 0 aliphatic rings. The van der Waals surface area contributed by atoms with Crippen molar-refractivity contribution < 1.29 is 9.34 Å². The molecule has 0 radical (unpaired) electrons. The first-order valence-corrected chi connectivity index (χ1v) is 5.47. The van der Waals surface area contributed by atoms with Gasteiger partial charge in [-0.25, -0.2) is 0 Å². The van der Waals surface area contributed by atoms with Gasteiger partial charge in [0.15, 0.2) is 0 Å². The summed E-state index contributed by atoms with van der Waals surface area (Å²) in [6, 6.07) is 8.31. The highest BCUT2D eigenvalue weighted by atomic mass is 16.6.